The van der Waals surface area contributed by atoms with Crippen LogP contribution in [0.15, 0.2) is 16.7 Å². The van der Waals surface area contributed by atoms with Gasteiger partial charge in [0.05, 0.1) is 11.3 Å². The molecule has 7 nitrogen and oxygen atoms in total. The smallest absolute Gasteiger partial charge is 0.255 e. The number of nitrogens with zero attached hydrogens (tertiary/aromatic N) is 1. The largest absolute Gasteiger partial charge is 0.369 e. The SMILES string of the molecule is CCCNc1ncc(Br)cc1C(=O)NCCCS(N)(=O)=O. The topological polar surface area (TPSA) is 114 Å². The number of carbonyl (C=O) groups excluding carboxylic acids is 1. The lowest BCUT2D eigenvalue weighted by Crippen LogP contribution is -2.28. The second-order valence-corrected chi connectivity index (χ2v) is 7.10. The van der Waals surface area contributed by atoms with Gasteiger partial charge in [-0.1, -0.05) is 6.92 Å². The highest BCUT2D eigenvalue weighted by Crippen LogP contribution is 2.18. The number of carbonyl (C=O) groups is 1. The van der Waals surface area contributed by atoms with E-state index in [0.717, 1.165) is 6.42 Å². The van der Waals surface area contributed by atoms with Crippen LogP contribution >= 0.6 is 15.9 Å². The Bertz CT molecular complexity index is 592. The molecule has 0 aliphatic rings. The highest BCUT2D eigenvalue weighted by Gasteiger charge is 2.13. The minimum Gasteiger partial charge on any atom is -0.369 e. The molecule has 1 aromatic heterocycles. The first-order valence-electron chi connectivity index (χ1n) is 6.51. The van der Waals surface area contributed by atoms with Crippen molar-refractivity contribution in [3.63, 3.8) is 0 Å². The van der Waals surface area contributed by atoms with Gasteiger partial charge in [0.1, 0.15) is 5.82 Å². The average Bonchev–Trinajstić information content (AvgIpc) is 2.41. The van der Waals surface area contributed by atoms with E-state index in [-0.39, 0.29) is 24.6 Å². The Kier molecular flexibility index (Phi) is 7.06. The predicted octanol–water partition coefficient (Wildman–Crippen LogP) is 1.07. The minimum atomic E-state index is -3.50. The summed E-state index contributed by atoms with van der Waals surface area (Å²) in [6, 6.07) is 1.67. The standard InChI is InChI=1S/C12H19BrN4O3S/c1-2-4-15-11-10(7-9(13)8-17-11)12(18)16-5-3-6-21(14,19)20/h7-8H,2-6H2,1H3,(H,15,17)(H,16,18)(H2,14,19,20). The molecule has 4 N–H and O–H groups in total. The van der Waals surface area contributed by atoms with Gasteiger partial charge in [-0.25, -0.2) is 18.5 Å². The van der Waals surface area contributed by atoms with Crippen molar-refractivity contribution in [1.82, 2.24) is 10.3 Å². The van der Waals surface area contributed by atoms with Gasteiger partial charge in [0, 0.05) is 23.8 Å². The number of primary sulfonamides is 1. The zero-order valence-electron chi connectivity index (χ0n) is 11.7. The zero-order valence-corrected chi connectivity index (χ0v) is 14.1. The van der Waals surface area contributed by atoms with E-state index in [1.54, 1.807) is 12.3 Å². The van der Waals surface area contributed by atoms with Crippen LogP contribution < -0.4 is 15.8 Å². The Morgan fingerprint density at radius 1 is 1.43 bits per heavy atom. The number of anilines is 1. The Hall–Kier alpha value is -1.19. The van der Waals surface area contributed by atoms with Gasteiger partial charge in [-0.15, -0.1) is 0 Å². The summed E-state index contributed by atoms with van der Waals surface area (Å²) in [6.45, 7) is 2.95. The van der Waals surface area contributed by atoms with Gasteiger partial charge in [-0.3, -0.25) is 4.79 Å². The third kappa shape index (κ3) is 6.87. The van der Waals surface area contributed by atoms with Crippen LogP contribution in [0.2, 0.25) is 0 Å². The predicted molar refractivity (Wildman–Crippen MR) is 85.6 cm³/mol. The van der Waals surface area contributed by atoms with Crippen LogP contribution in [0.4, 0.5) is 5.82 Å². The van der Waals surface area contributed by atoms with Crippen molar-refractivity contribution in [1.29, 1.82) is 0 Å². The van der Waals surface area contributed by atoms with Crippen LogP contribution in [-0.2, 0) is 10.0 Å². The summed E-state index contributed by atoms with van der Waals surface area (Å²) in [7, 11) is -3.50. The first kappa shape index (κ1) is 17.9. The highest BCUT2D eigenvalue weighted by atomic mass is 79.9. The summed E-state index contributed by atoms with van der Waals surface area (Å²) in [4.78, 5) is 16.3. The zero-order chi connectivity index (χ0) is 15.9. The Morgan fingerprint density at radius 3 is 2.76 bits per heavy atom. The van der Waals surface area contributed by atoms with Gasteiger partial charge < -0.3 is 10.6 Å². The quantitative estimate of drug-likeness (QED) is 0.585. The molecule has 0 aliphatic carbocycles. The van der Waals surface area contributed by atoms with Crippen molar-refractivity contribution >= 4 is 37.7 Å². The van der Waals surface area contributed by atoms with E-state index < -0.39 is 10.0 Å². The molecule has 118 valence electrons. The molecule has 0 aromatic carbocycles. The number of amides is 1. The molecule has 9 heteroatoms. The van der Waals surface area contributed by atoms with Crippen molar-refractivity contribution in [3.8, 4) is 0 Å². The Labute approximate surface area is 132 Å². The number of hydrogen-bond acceptors (Lipinski definition) is 5. The first-order chi connectivity index (χ1) is 9.83. The summed E-state index contributed by atoms with van der Waals surface area (Å²) in [5, 5.41) is 10.6. The second-order valence-electron chi connectivity index (χ2n) is 4.45. The summed E-state index contributed by atoms with van der Waals surface area (Å²) >= 11 is 3.27. The number of hydrogen-bond donors (Lipinski definition) is 3. The van der Waals surface area contributed by atoms with Gasteiger partial charge in [0.2, 0.25) is 10.0 Å². The molecular formula is C12H19BrN4O3S. The Balaban J connectivity index is 2.65. The van der Waals surface area contributed by atoms with Crippen molar-refractivity contribution in [2.75, 3.05) is 24.2 Å². The molecule has 0 bridgehead atoms. The van der Waals surface area contributed by atoms with Crippen LogP contribution in [0.5, 0.6) is 0 Å². The maximum absolute atomic E-state index is 12.1. The number of sulfonamides is 1. The summed E-state index contributed by atoms with van der Waals surface area (Å²) in [5.41, 5.74) is 0.411. The number of nitrogens with two attached hydrogens (primary N) is 1. The number of rotatable bonds is 8. The van der Waals surface area contributed by atoms with Crippen molar-refractivity contribution in [3.05, 3.63) is 22.3 Å². The van der Waals surface area contributed by atoms with E-state index in [1.165, 1.54) is 0 Å². The van der Waals surface area contributed by atoms with Gasteiger partial charge in [0.25, 0.3) is 5.91 Å². The van der Waals surface area contributed by atoms with Gasteiger partial charge in [-0.2, -0.15) is 0 Å². The van der Waals surface area contributed by atoms with Crippen LogP contribution in [0.1, 0.15) is 30.1 Å². The Morgan fingerprint density at radius 2 is 2.14 bits per heavy atom. The molecule has 0 saturated carbocycles. The van der Waals surface area contributed by atoms with Crippen LogP contribution in [0.25, 0.3) is 0 Å². The minimum absolute atomic E-state index is 0.162. The van der Waals surface area contributed by atoms with Crippen LogP contribution in [-0.4, -0.2) is 38.2 Å². The van der Waals surface area contributed by atoms with Crippen LogP contribution in [0, 0.1) is 0 Å². The molecule has 21 heavy (non-hydrogen) atoms. The van der Waals surface area contributed by atoms with E-state index >= 15 is 0 Å². The molecule has 1 amide bonds. The monoisotopic (exact) mass is 378 g/mol. The lowest BCUT2D eigenvalue weighted by atomic mass is 10.2. The molecule has 0 fully saturated rings. The fourth-order valence-electron chi connectivity index (χ4n) is 1.57. The maximum atomic E-state index is 12.1. The summed E-state index contributed by atoms with van der Waals surface area (Å²) in [6.07, 6.45) is 2.78. The molecule has 1 aromatic rings. The molecule has 1 rings (SSSR count). The number of pyridine rings is 1. The van der Waals surface area contributed by atoms with E-state index in [9.17, 15) is 13.2 Å². The van der Waals surface area contributed by atoms with Gasteiger partial charge in [-0.05, 0) is 34.8 Å². The van der Waals surface area contributed by atoms with E-state index in [4.69, 9.17) is 5.14 Å². The van der Waals surface area contributed by atoms with E-state index in [2.05, 4.69) is 31.5 Å². The average molecular weight is 379 g/mol. The fraction of sp³-hybridized carbons (Fsp3) is 0.500. The molecule has 0 atom stereocenters. The molecular weight excluding hydrogens is 360 g/mol. The number of aromatic nitrogens is 1. The van der Waals surface area contributed by atoms with Crippen LogP contribution in [0.3, 0.4) is 0 Å². The van der Waals surface area contributed by atoms with E-state index in [0.29, 0.717) is 22.4 Å². The third-order valence-electron chi connectivity index (χ3n) is 2.53. The van der Waals surface area contributed by atoms with Crippen molar-refractivity contribution in [2.24, 2.45) is 5.14 Å². The lowest BCUT2D eigenvalue weighted by Gasteiger charge is -2.11. The molecule has 1 heterocycles. The van der Waals surface area contributed by atoms with Gasteiger partial charge in [0.15, 0.2) is 0 Å². The van der Waals surface area contributed by atoms with Crippen molar-refractivity contribution in [2.45, 2.75) is 19.8 Å². The number of nitrogens with one attached hydrogen (secondary N) is 2. The summed E-state index contributed by atoms with van der Waals surface area (Å²) < 4.78 is 22.3. The maximum Gasteiger partial charge on any atom is 0.255 e. The second kappa shape index (κ2) is 8.30. The molecule has 0 spiro atoms. The first-order valence-corrected chi connectivity index (χ1v) is 9.02. The highest BCUT2D eigenvalue weighted by molar-refractivity contribution is 9.10. The molecule has 0 aliphatic heterocycles. The molecule has 0 unspecified atom stereocenters. The van der Waals surface area contributed by atoms with Gasteiger partial charge >= 0.3 is 0 Å². The number of halogens is 1. The lowest BCUT2D eigenvalue weighted by molar-refractivity contribution is 0.0954. The van der Waals surface area contributed by atoms with Crippen molar-refractivity contribution < 1.29 is 13.2 Å². The molecule has 0 radical (unpaired) electrons. The molecule has 0 saturated heterocycles. The van der Waals surface area contributed by atoms with E-state index in [1.807, 2.05) is 6.92 Å². The normalized spacial score (nSPS) is 11.2. The third-order valence-corrected chi connectivity index (χ3v) is 3.82. The summed E-state index contributed by atoms with van der Waals surface area (Å²) in [5.74, 6) is 0.0335. The fourth-order valence-corrected chi connectivity index (χ4v) is 2.45.